The molecule has 2 rings (SSSR count). The van der Waals surface area contributed by atoms with E-state index in [0.29, 0.717) is 0 Å². The summed E-state index contributed by atoms with van der Waals surface area (Å²) in [6.45, 7) is 3.46. The molecule has 6 nitrogen and oxygen atoms in total. The number of hydrogen-bond acceptors (Lipinski definition) is 5. The highest BCUT2D eigenvalue weighted by Gasteiger charge is 2.27. The van der Waals surface area contributed by atoms with Gasteiger partial charge in [0.25, 0.3) is 5.91 Å². The van der Waals surface area contributed by atoms with Gasteiger partial charge in [0.15, 0.2) is 6.10 Å². The van der Waals surface area contributed by atoms with Gasteiger partial charge in [0.2, 0.25) is 0 Å². The molecule has 1 aromatic carbocycles. The summed E-state index contributed by atoms with van der Waals surface area (Å²) in [7, 11) is 0. The van der Waals surface area contributed by atoms with E-state index in [4.69, 9.17) is 10.5 Å². The maximum absolute atomic E-state index is 12.0. The molecule has 0 unspecified atom stereocenters. The molecule has 130 valence electrons. The molecule has 0 aromatic heterocycles. The van der Waals surface area contributed by atoms with Crippen molar-refractivity contribution in [2.75, 3.05) is 5.75 Å². The van der Waals surface area contributed by atoms with Crippen molar-refractivity contribution in [3.63, 3.8) is 0 Å². The van der Waals surface area contributed by atoms with Crippen LogP contribution in [-0.2, 0) is 27.2 Å². The molecule has 1 aliphatic carbocycles. The van der Waals surface area contributed by atoms with E-state index >= 15 is 0 Å². The Hall–Kier alpha value is -2.02. The standard InChI is InChI=1S/C17H22N2O4S/c1-10(2)15(16(21)19-17(18)22)23-14(20)9-24-13-7-6-11-4-3-5-12(11)8-13/h6-8,10,15H,3-5,9H2,1-2H3,(H3,18,19,21,22)/t15-/m0/s1. The summed E-state index contributed by atoms with van der Waals surface area (Å²) in [5, 5.41) is 1.95. The third-order valence-corrected chi connectivity index (χ3v) is 4.76. The Morgan fingerprint density at radius 2 is 1.96 bits per heavy atom. The van der Waals surface area contributed by atoms with Crippen molar-refractivity contribution in [2.24, 2.45) is 11.7 Å². The van der Waals surface area contributed by atoms with E-state index in [1.54, 1.807) is 13.8 Å². The van der Waals surface area contributed by atoms with E-state index in [0.717, 1.165) is 17.7 Å². The molecule has 0 saturated heterocycles. The van der Waals surface area contributed by atoms with Gasteiger partial charge in [-0.2, -0.15) is 0 Å². The normalized spacial score (nSPS) is 14.1. The van der Waals surface area contributed by atoms with Crippen molar-refractivity contribution in [2.45, 2.75) is 44.1 Å². The number of urea groups is 1. The molecular weight excluding hydrogens is 328 g/mol. The molecule has 3 N–H and O–H groups in total. The number of aryl methyl sites for hydroxylation is 2. The molecule has 7 heteroatoms. The lowest BCUT2D eigenvalue weighted by Crippen LogP contribution is -2.45. The number of benzene rings is 1. The zero-order valence-corrected chi connectivity index (χ0v) is 14.7. The fraction of sp³-hybridized carbons (Fsp3) is 0.471. The summed E-state index contributed by atoms with van der Waals surface area (Å²) in [5.41, 5.74) is 7.65. The van der Waals surface area contributed by atoms with E-state index in [1.165, 1.54) is 29.3 Å². The third-order valence-electron chi connectivity index (χ3n) is 3.80. The Morgan fingerprint density at radius 3 is 2.62 bits per heavy atom. The van der Waals surface area contributed by atoms with Gasteiger partial charge in [0.05, 0.1) is 5.75 Å². The SMILES string of the molecule is CC(C)[C@H](OC(=O)CSc1ccc2c(c1)CCC2)C(=O)NC(N)=O. The number of ether oxygens (including phenoxy) is 1. The monoisotopic (exact) mass is 350 g/mol. The molecule has 0 heterocycles. The lowest BCUT2D eigenvalue weighted by molar-refractivity contribution is -0.155. The van der Waals surface area contributed by atoms with Crippen molar-refractivity contribution in [1.29, 1.82) is 0 Å². The lowest BCUT2D eigenvalue weighted by atomic mass is 10.1. The molecule has 0 radical (unpaired) electrons. The molecule has 0 bridgehead atoms. The number of imide groups is 1. The van der Waals surface area contributed by atoms with E-state index < -0.39 is 24.0 Å². The predicted octanol–water partition coefficient (Wildman–Crippen LogP) is 2.03. The number of primary amides is 1. The predicted molar refractivity (Wildman–Crippen MR) is 91.6 cm³/mol. The zero-order valence-electron chi connectivity index (χ0n) is 13.8. The summed E-state index contributed by atoms with van der Waals surface area (Å²) in [6.07, 6.45) is 2.34. The Balaban J connectivity index is 1.89. The number of nitrogens with one attached hydrogen (secondary N) is 1. The van der Waals surface area contributed by atoms with Gasteiger partial charge in [-0.1, -0.05) is 19.9 Å². The zero-order chi connectivity index (χ0) is 17.7. The van der Waals surface area contributed by atoms with E-state index in [-0.39, 0.29) is 11.7 Å². The average Bonchev–Trinajstić information content (AvgIpc) is 2.97. The van der Waals surface area contributed by atoms with Gasteiger partial charge in [0.1, 0.15) is 0 Å². The molecule has 1 atom stereocenters. The second-order valence-electron chi connectivity index (χ2n) is 6.08. The molecule has 0 fully saturated rings. The van der Waals surface area contributed by atoms with Gasteiger partial charge in [-0.3, -0.25) is 14.9 Å². The minimum Gasteiger partial charge on any atom is -0.451 e. The Labute approximate surface area is 145 Å². The van der Waals surface area contributed by atoms with Crippen LogP contribution in [0.2, 0.25) is 0 Å². The summed E-state index contributed by atoms with van der Waals surface area (Å²) < 4.78 is 5.21. The van der Waals surface area contributed by atoms with E-state index in [9.17, 15) is 14.4 Å². The Bertz CT molecular complexity index is 645. The molecule has 1 aliphatic rings. The second-order valence-corrected chi connectivity index (χ2v) is 7.13. The van der Waals surface area contributed by atoms with Crippen LogP contribution < -0.4 is 11.1 Å². The first-order valence-electron chi connectivity index (χ1n) is 7.91. The number of carbonyl (C=O) groups is 3. The first-order chi connectivity index (χ1) is 11.4. The number of amides is 3. The molecule has 24 heavy (non-hydrogen) atoms. The van der Waals surface area contributed by atoms with Gasteiger partial charge in [-0.15, -0.1) is 11.8 Å². The van der Waals surface area contributed by atoms with Crippen LogP contribution in [0.4, 0.5) is 4.79 Å². The molecule has 3 amide bonds. The molecule has 0 saturated carbocycles. The summed E-state index contributed by atoms with van der Waals surface area (Å²) in [4.78, 5) is 35.6. The van der Waals surface area contributed by atoms with Gasteiger partial charge in [-0.25, -0.2) is 4.79 Å². The molecule has 1 aromatic rings. The van der Waals surface area contributed by atoms with E-state index in [1.807, 2.05) is 11.4 Å². The second kappa shape index (κ2) is 8.19. The van der Waals surface area contributed by atoms with Crippen LogP contribution in [0.1, 0.15) is 31.4 Å². The van der Waals surface area contributed by atoms with Gasteiger partial charge in [-0.05, 0) is 48.4 Å². The molecular formula is C17H22N2O4S. The smallest absolute Gasteiger partial charge is 0.318 e. The average molecular weight is 350 g/mol. The number of rotatable bonds is 6. The van der Waals surface area contributed by atoms with Crippen molar-refractivity contribution < 1.29 is 19.1 Å². The van der Waals surface area contributed by atoms with Crippen molar-refractivity contribution in [3.8, 4) is 0 Å². The van der Waals surface area contributed by atoms with Crippen molar-refractivity contribution >= 4 is 29.7 Å². The van der Waals surface area contributed by atoms with Crippen LogP contribution in [0.15, 0.2) is 23.1 Å². The minimum atomic E-state index is -1.04. The van der Waals surface area contributed by atoms with Crippen LogP contribution in [0.25, 0.3) is 0 Å². The number of esters is 1. The number of carbonyl (C=O) groups excluding carboxylic acids is 3. The number of hydrogen-bond donors (Lipinski definition) is 2. The highest BCUT2D eigenvalue weighted by molar-refractivity contribution is 8.00. The summed E-state index contributed by atoms with van der Waals surface area (Å²) in [5.74, 6) is -1.36. The number of nitrogens with two attached hydrogens (primary N) is 1. The summed E-state index contributed by atoms with van der Waals surface area (Å²) >= 11 is 1.38. The van der Waals surface area contributed by atoms with Crippen molar-refractivity contribution in [3.05, 3.63) is 29.3 Å². The van der Waals surface area contributed by atoms with Crippen LogP contribution in [0.5, 0.6) is 0 Å². The Kier molecular flexibility index (Phi) is 6.25. The highest BCUT2D eigenvalue weighted by Crippen LogP contribution is 2.27. The molecule has 0 aliphatic heterocycles. The van der Waals surface area contributed by atoms with Gasteiger partial charge in [0, 0.05) is 4.90 Å². The van der Waals surface area contributed by atoms with E-state index in [2.05, 4.69) is 12.1 Å². The van der Waals surface area contributed by atoms with Crippen LogP contribution >= 0.6 is 11.8 Å². The van der Waals surface area contributed by atoms with Crippen LogP contribution in [0.3, 0.4) is 0 Å². The highest BCUT2D eigenvalue weighted by atomic mass is 32.2. The first-order valence-corrected chi connectivity index (χ1v) is 8.89. The Morgan fingerprint density at radius 1 is 1.25 bits per heavy atom. The van der Waals surface area contributed by atoms with Gasteiger partial charge >= 0.3 is 12.0 Å². The first kappa shape index (κ1) is 18.3. The van der Waals surface area contributed by atoms with Crippen molar-refractivity contribution in [1.82, 2.24) is 5.32 Å². The minimum absolute atomic E-state index is 0.103. The maximum Gasteiger partial charge on any atom is 0.318 e. The van der Waals surface area contributed by atoms with Crippen LogP contribution in [-0.4, -0.2) is 29.8 Å². The quantitative estimate of drug-likeness (QED) is 0.604. The fourth-order valence-electron chi connectivity index (χ4n) is 2.64. The largest absolute Gasteiger partial charge is 0.451 e. The topological polar surface area (TPSA) is 98.5 Å². The summed E-state index contributed by atoms with van der Waals surface area (Å²) in [6, 6.07) is 5.25. The maximum atomic E-state index is 12.0. The third kappa shape index (κ3) is 4.99. The van der Waals surface area contributed by atoms with Crippen LogP contribution in [0, 0.1) is 5.92 Å². The molecule has 0 spiro atoms. The number of thioether (sulfide) groups is 1. The van der Waals surface area contributed by atoms with Gasteiger partial charge < -0.3 is 10.5 Å². The number of fused-ring (bicyclic) bond motifs is 1. The fourth-order valence-corrected chi connectivity index (χ4v) is 3.38. The lowest BCUT2D eigenvalue weighted by Gasteiger charge is -2.19.